The molecule has 1 heterocycles. The monoisotopic (exact) mass is 224 g/mol. The van der Waals surface area contributed by atoms with Crippen LogP contribution in [0, 0.1) is 5.41 Å². The quantitative estimate of drug-likeness (QED) is 0.596. The first kappa shape index (κ1) is 10.5. The van der Waals surface area contributed by atoms with Crippen LogP contribution in [0.25, 0.3) is 10.8 Å². The highest BCUT2D eigenvalue weighted by molar-refractivity contribution is 6.16. The lowest BCUT2D eigenvalue weighted by atomic mass is 9.85. The van der Waals surface area contributed by atoms with Gasteiger partial charge in [-0.3, -0.25) is 0 Å². The Bertz CT molecular complexity index is 637. The standard InChI is InChI=1S/C16H18N/c1-16(2,3)15-12-9-5-7-11-8-6-10-13(14(11)12)17(15)4/h5-10H,1-4H3/q+1. The second-order valence-electron chi connectivity index (χ2n) is 5.84. The molecule has 0 spiro atoms. The average Bonchev–Trinajstić information content (AvgIpc) is 2.54. The van der Waals surface area contributed by atoms with Gasteiger partial charge < -0.3 is 0 Å². The Labute approximate surface area is 102 Å². The van der Waals surface area contributed by atoms with Crippen molar-refractivity contribution in [3.63, 3.8) is 0 Å². The van der Waals surface area contributed by atoms with Crippen LogP contribution in [-0.4, -0.2) is 17.3 Å². The summed E-state index contributed by atoms with van der Waals surface area (Å²) >= 11 is 0. The molecule has 0 saturated heterocycles. The molecular weight excluding hydrogens is 206 g/mol. The lowest BCUT2D eigenvalue weighted by Crippen LogP contribution is -2.26. The van der Waals surface area contributed by atoms with Crippen molar-refractivity contribution in [2.24, 2.45) is 5.41 Å². The molecule has 17 heavy (non-hydrogen) atoms. The summed E-state index contributed by atoms with van der Waals surface area (Å²) in [6, 6.07) is 13.2. The molecule has 0 atom stereocenters. The highest BCUT2D eigenvalue weighted by Crippen LogP contribution is 2.38. The Morgan fingerprint density at radius 1 is 0.941 bits per heavy atom. The van der Waals surface area contributed by atoms with Crippen molar-refractivity contribution in [3.8, 4) is 0 Å². The summed E-state index contributed by atoms with van der Waals surface area (Å²) in [5.41, 5.74) is 4.32. The molecule has 1 heteroatoms. The van der Waals surface area contributed by atoms with Gasteiger partial charge in [0, 0.05) is 11.5 Å². The molecule has 0 aliphatic carbocycles. The molecular formula is C16H18N+. The van der Waals surface area contributed by atoms with E-state index >= 15 is 0 Å². The molecule has 0 amide bonds. The minimum Gasteiger partial charge on any atom is -0.197 e. The van der Waals surface area contributed by atoms with E-state index in [4.69, 9.17) is 0 Å². The maximum Gasteiger partial charge on any atom is 0.213 e. The Kier molecular flexibility index (Phi) is 1.97. The molecule has 2 aromatic rings. The van der Waals surface area contributed by atoms with Crippen molar-refractivity contribution in [2.45, 2.75) is 20.8 Å². The minimum absolute atomic E-state index is 0.169. The Morgan fingerprint density at radius 3 is 2.24 bits per heavy atom. The molecule has 0 saturated carbocycles. The van der Waals surface area contributed by atoms with Gasteiger partial charge in [-0.05, 0) is 11.5 Å². The van der Waals surface area contributed by atoms with Crippen molar-refractivity contribution >= 4 is 22.2 Å². The van der Waals surface area contributed by atoms with Crippen LogP contribution in [-0.2, 0) is 0 Å². The van der Waals surface area contributed by atoms with Crippen LogP contribution in [0.3, 0.4) is 0 Å². The van der Waals surface area contributed by atoms with Crippen LogP contribution in [0.15, 0.2) is 36.4 Å². The Balaban J connectivity index is 2.45. The molecule has 0 fully saturated rings. The Morgan fingerprint density at radius 2 is 1.59 bits per heavy atom. The number of hydrogen-bond acceptors (Lipinski definition) is 0. The SMILES string of the molecule is C[N+]1=C(C(C)(C)C)c2cccc3cccc1c23. The van der Waals surface area contributed by atoms with E-state index in [2.05, 4.69) is 68.8 Å². The molecule has 1 nitrogen and oxygen atoms in total. The summed E-state index contributed by atoms with van der Waals surface area (Å²) in [6.07, 6.45) is 0. The second-order valence-corrected chi connectivity index (χ2v) is 5.84. The first-order chi connectivity index (χ1) is 8.00. The number of rotatable bonds is 0. The third-order valence-electron chi connectivity index (χ3n) is 3.55. The zero-order valence-electron chi connectivity index (χ0n) is 10.9. The van der Waals surface area contributed by atoms with Gasteiger partial charge in [0.05, 0.1) is 10.9 Å². The van der Waals surface area contributed by atoms with Crippen molar-refractivity contribution < 1.29 is 4.58 Å². The van der Waals surface area contributed by atoms with Crippen LogP contribution in [0.5, 0.6) is 0 Å². The van der Waals surface area contributed by atoms with E-state index in [0.29, 0.717) is 0 Å². The van der Waals surface area contributed by atoms with Crippen LogP contribution >= 0.6 is 0 Å². The lowest BCUT2D eigenvalue weighted by Gasteiger charge is -2.16. The van der Waals surface area contributed by atoms with Gasteiger partial charge in [0.1, 0.15) is 7.05 Å². The van der Waals surface area contributed by atoms with Crippen LogP contribution in [0.2, 0.25) is 0 Å². The van der Waals surface area contributed by atoms with Crippen molar-refractivity contribution in [1.82, 2.24) is 0 Å². The van der Waals surface area contributed by atoms with Gasteiger partial charge in [0.15, 0.2) is 5.71 Å². The predicted octanol–water partition coefficient (Wildman–Crippen LogP) is 3.96. The summed E-state index contributed by atoms with van der Waals surface area (Å²) in [4.78, 5) is 0. The summed E-state index contributed by atoms with van der Waals surface area (Å²) in [5, 5.41) is 2.74. The fraction of sp³-hybridized carbons (Fsp3) is 0.312. The van der Waals surface area contributed by atoms with E-state index < -0.39 is 0 Å². The van der Waals surface area contributed by atoms with Gasteiger partial charge in [0.25, 0.3) is 0 Å². The fourth-order valence-corrected chi connectivity index (χ4v) is 3.01. The summed E-state index contributed by atoms with van der Waals surface area (Å²) in [7, 11) is 2.18. The van der Waals surface area contributed by atoms with E-state index in [9.17, 15) is 0 Å². The van der Waals surface area contributed by atoms with E-state index in [-0.39, 0.29) is 5.41 Å². The highest BCUT2D eigenvalue weighted by atomic mass is 15.0. The van der Waals surface area contributed by atoms with Crippen LogP contribution in [0.1, 0.15) is 26.3 Å². The topological polar surface area (TPSA) is 3.01 Å². The molecule has 2 aromatic carbocycles. The molecule has 0 unspecified atom stereocenters. The van der Waals surface area contributed by atoms with Crippen LogP contribution < -0.4 is 0 Å². The molecule has 0 N–H and O–H groups in total. The molecule has 1 aliphatic rings. The first-order valence-corrected chi connectivity index (χ1v) is 6.13. The average molecular weight is 224 g/mol. The first-order valence-electron chi connectivity index (χ1n) is 6.13. The zero-order chi connectivity index (χ0) is 12.2. The summed E-state index contributed by atoms with van der Waals surface area (Å²) < 4.78 is 2.34. The molecule has 3 rings (SSSR count). The van der Waals surface area contributed by atoms with Crippen LogP contribution in [0.4, 0.5) is 5.69 Å². The molecule has 1 aliphatic heterocycles. The zero-order valence-corrected chi connectivity index (χ0v) is 10.9. The van der Waals surface area contributed by atoms with Gasteiger partial charge in [-0.15, -0.1) is 0 Å². The van der Waals surface area contributed by atoms with Gasteiger partial charge in [-0.25, -0.2) is 0 Å². The van der Waals surface area contributed by atoms with E-state index in [1.54, 1.807) is 0 Å². The maximum absolute atomic E-state index is 2.34. The van der Waals surface area contributed by atoms with Gasteiger partial charge in [-0.1, -0.05) is 45.0 Å². The van der Waals surface area contributed by atoms with E-state index in [1.807, 2.05) is 0 Å². The molecule has 0 aromatic heterocycles. The number of nitrogens with zero attached hydrogens (tertiary/aromatic N) is 1. The number of benzene rings is 2. The normalized spacial score (nSPS) is 14.8. The van der Waals surface area contributed by atoms with Gasteiger partial charge in [-0.2, -0.15) is 4.58 Å². The Hall–Kier alpha value is -1.63. The second kappa shape index (κ2) is 3.19. The molecule has 0 bridgehead atoms. The van der Waals surface area contributed by atoms with Crippen molar-refractivity contribution in [3.05, 3.63) is 42.0 Å². The molecule has 0 radical (unpaired) electrons. The van der Waals surface area contributed by atoms with E-state index in [0.717, 1.165) is 0 Å². The largest absolute Gasteiger partial charge is 0.213 e. The van der Waals surface area contributed by atoms with E-state index in [1.165, 1.54) is 27.7 Å². The lowest BCUT2D eigenvalue weighted by molar-refractivity contribution is -0.404. The number of hydrogen-bond donors (Lipinski definition) is 0. The fourth-order valence-electron chi connectivity index (χ4n) is 3.01. The third kappa shape index (κ3) is 1.35. The van der Waals surface area contributed by atoms with Crippen molar-refractivity contribution in [1.29, 1.82) is 0 Å². The predicted molar refractivity (Wildman–Crippen MR) is 73.4 cm³/mol. The summed E-state index contributed by atoms with van der Waals surface area (Å²) in [5.74, 6) is 0. The smallest absolute Gasteiger partial charge is 0.197 e. The maximum atomic E-state index is 2.34. The van der Waals surface area contributed by atoms with Gasteiger partial charge >= 0.3 is 0 Å². The third-order valence-corrected chi connectivity index (χ3v) is 3.55. The minimum atomic E-state index is 0.169. The van der Waals surface area contributed by atoms with Gasteiger partial charge in [0.2, 0.25) is 5.69 Å². The highest BCUT2D eigenvalue weighted by Gasteiger charge is 2.36. The molecule has 86 valence electrons. The van der Waals surface area contributed by atoms with Crippen molar-refractivity contribution in [2.75, 3.05) is 7.05 Å². The summed E-state index contributed by atoms with van der Waals surface area (Å²) in [6.45, 7) is 6.84.